The Morgan fingerprint density at radius 3 is 2.90 bits per heavy atom. The molecule has 0 saturated heterocycles. The van der Waals surface area contributed by atoms with Gasteiger partial charge < -0.3 is 14.8 Å². The second-order valence-electron chi connectivity index (χ2n) is 3.99. The van der Waals surface area contributed by atoms with Crippen LogP contribution in [0, 0.1) is 11.3 Å². The molecule has 0 bridgehead atoms. The first kappa shape index (κ1) is 14.8. The van der Waals surface area contributed by atoms with E-state index in [4.69, 9.17) is 14.7 Å². The Morgan fingerprint density at radius 1 is 1.43 bits per heavy atom. The van der Waals surface area contributed by atoms with Gasteiger partial charge in [0, 0.05) is 17.0 Å². The number of carbonyl (C=O) groups excluding carboxylic acids is 1. The van der Waals surface area contributed by atoms with E-state index in [1.807, 2.05) is 17.5 Å². The molecule has 2 rings (SSSR count). The van der Waals surface area contributed by atoms with E-state index in [1.54, 1.807) is 26.4 Å². The van der Waals surface area contributed by atoms with Crippen molar-refractivity contribution >= 4 is 22.4 Å². The standard InChI is InChI=1S/C14H13N3O3S/c1-19-9-3-4-10(12(7-9)20-2)11-8-21-14(16-11)17-13(18)5-6-15/h3-4,7-8H,5H2,1-2H3,(H,16,17,18). The molecule has 108 valence electrons. The first-order chi connectivity index (χ1) is 10.2. The highest BCUT2D eigenvalue weighted by Gasteiger charge is 2.12. The van der Waals surface area contributed by atoms with E-state index in [1.165, 1.54) is 11.3 Å². The highest BCUT2D eigenvalue weighted by Crippen LogP contribution is 2.34. The van der Waals surface area contributed by atoms with E-state index in [0.717, 1.165) is 5.56 Å². The molecule has 1 aromatic heterocycles. The van der Waals surface area contributed by atoms with Gasteiger partial charge in [-0.05, 0) is 12.1 Å². The lowest BCUT2D eigenvalue weighted by Crippen LogP contribution is -2.09. The maximum Gasteiger partial charge on any atom is 0.240 e. The number of hydrogen-bond donors (Lipinski definition) is 1. The second kappa shape index (κ2) is 6.72. The smallest absolute Gasteiger partial charge is 0.240 e. The molecule has 21 heavy (non-hydrogen) atoms. The second-order valence-corrected chi connectivity index (χ2v) is 4.85. The number of amides is 1. The average molecular weight is 303 g/mol. The quantitative estimate of drug-likeness (QED) is 0.918. The molecule has 0 aliphatic carbocycles. The van der Waals surface area contributed by atoms with Crippen LogP contribution >= 0.6 is 11.3 Å². The van der Waals surface area contributed by atoms with Crippen LogP contribution in [0.25, 0.3) is 11.3 Å². The molecular formula is C14H13N3O3S. The normalized spacial score (nSPS) is 9.76. The van der Waals surface area contributed by atoms with Crippen molar-refractivity contribution in [2.45, 2.75) is 6.42 Å². The Morgan fingerprint density at radius 2 is 2.24 bits per heavy atom. The number of benzene rings is 1. The molecule has 1 aromatic carbocycles. The van der Waals surface area contributed by atoms with Crippen LogP contribution in [0.15, 0.2) is 23.6 Å². The molecule has 6 nitrogen and oxygen atoms in total. The van der Waals surface area contributed by atoms with Crippen molar-refractivity contribution in [1.82, 2.24) is 4.98 Å². The van der Waals surface area contributed by atoms with Gasteiger partial charge in [-0.25, -0.2) is 4.98 Å². The third kappa shape index (κ3) is 3.49. The van der Waals surface area contributed by atoms with Crippen molar-refractivity contribution in [3.63, 3.8) is 0 Å². The largest absolute Gasteiger partial charge is 0.497 e. The Labute approximate surface area is 126 Å². The van der Waals surface area contributed by atoms with Crippen molar-refractivity contribution in [2.75, 3.05) is 19.5 Å². The predicted molar refractivity (Wildman–Crippen MR) is 79.5 cm³/mol. The molecule has 1 amide bonds. The van der Waals surface area contributed by atoms with Crippen molar-refractivity contribution < 1.29 is 14.3 Å². The molecule has 0 atom stereocenters. The minimum atomic E-state index is -0.375. The van der Waals surface area contributed by atoms with Crippen LogP contribution in [0.1, 0.15) is 6.42 Å². The highest BCUT2D eigenvalue weighted by molar-refractivity contribution is 7.14. The van der Waals surface area contributed by atoms with E-state index in [9.17, 15) is 4.79 Å². The van der Waals surface area contributed by atoms with Gasteiger partial charge in [0.05, 0.1) is 26.0 Å². The number of methoxy groups -OCH3 is 2. The Bertz CT molecular complexity index is 691. The van der Waals surface area contributed by atoms with Gasteiger partial charge in [-0.15, -0.1) is 11.3 Å². The summed E-state index contributed by atoms with van der Waals surface area (Å²) in [6.45, 7) is 0. The first-order valence-corrected chi connectivity index (χ1v) is 6.90. The van der Waals surface area contributed by atoms with Gasteiger partial charge in [0.2, 0.25) is 5.91 Å². The monoisotopic (exact) mass is 303 g/mol. The topological polar surface area (TPSA) is 84.2 Å². The van der Waals surface area contributed by atoms with Crippen molar-refractivity contribution in [1.29, 1.82) is 5.26 Å². The number of rotatable bonds is 5. The van der Waals surface area contributed by atoms with Gasteiger partial charge in [-0.2, -0.15) is 5.26 Å². The number of nitrogens with one attached hydrogen (secondary N) is 1. The summed E-state index contributed by atoms with van der Waals surface area (Å²) in [5.74, 6) is 0.947. The Hall–Kier alpha value is -2.59. The molecule has 1 N–H and O–H groups in total. The fourth-order valence-corrected chi connectivity index (χ4v) is 2.43. The third-order valence-corrected chi connectivity index (χ3v) is 3.43. The summed E-state index contributed by atoms with van der Waals surface area (Å²) in [7, 11) is 3.15. The lowest BCUT2D eigenvalue weighted by atomic mass is 10.1. The van der Waals surface area contributed by atoms with Crippen LogP contribution in [0.5, 0.6) is 11.5 Å². The summed E-state index contributed by atoms with van der Waals surface area (Å²) in [6, 6.07) is 7.21. The number of hydrogen-bond acceptors (Lipinski definition) is 6. The van der Waals surface area contributed by atoms with Crippen molar-refractivity contribution in [3.8, 4) is 28.8 Å². The molecule has 0 fully saturated rings. The van der Waals surface area contributed by atoms with Crippen LogP contribution < -0.4 is 14.8 Å². The number of thiazole rings is 1. The van der Waals surface area contributed by atoms with Crippen LogP contribution in [0.2, 0.25) is 0 Å². The highest BCUT2D eigenvalue weighted by atomic mass is 32.1. The summed E-state index contributed by atoms with van der Waals surface area (Å²) in [5, 5.41) is 13.3. The number of ether oxygens (including phenoxy) is 2. The summed E-state index contributed by atoms with van der Waals surface area (Å²) in [5.41, 5.74) is 1.49. The molecule has 0 saturated carbocycles. The molecule has 0 aliphatic heterocycles. The number of nitrogens with zero attached hydrogens (tertiary/aromatic N) is 2. The zero-order chi connectivity index (χ0) is 15.2. The number of nitriles is 1. The van der Waals surface area contributed by atoms with Gasteiger partial charge in [0.1, 0.15) is 17.9 Å². The van der Waals surface area contributed by atoms with Crippen molar-refractivity contribution in [3.05, 3.63) is 23.6 Å². The minimum Gasteiger partial charge on any atom is -0.497 e. The zero-order valence-corrected chi connectivity index (χ0v) is 12.4. The fourth-order valence-electron chi connectivity index (χ4n) is 1.70. The maximum atomic E-state index is 11.4. The van der Waals surface area contributed by atoms with E-state index in [2.05, 4.69) is 10.3 Å². The average Bonchev–Trinajstić information content (AvgIpc) is 2.94. The zero-order valence-electron chi connectivity index (χ0n) is 11.5. The maximum absolute atomic E-state index is 11.4. The molecule has 0 spiro atoms. The SMILES string of the molecule is COc1ccc(-c2csc(NC(=O)CC#N)n2)c(OC)c1. The van der Waals surface area contributed by atoms with Gasteiger partial charge in [0.25, 0.3) is 0 Å². The Kier molecular flexibility index (Phi) is 4.74. The van der Waals surface area contributed by atoms with Gasteiger partial charge in [0.15, 0.2) is 5.13 Å². The van der Waals surface area contributed by atoms with E-state index in [-0.39, 0.29) is 12.3 Å². The summed E-state index contributed by atoms with van der Waals surface area (Å²) < 4.78 is 10.5. The number of anilines is 1. The minimum absolute atomic E-state index is 0.194. The van der Waals surface area contributed by atoms with Gasteiger partial charge in [-0.1, -0.05) is 0 Å². The molecule has 7 heteroatoms. The predicted octanol–water partition coefficient (Wildman–Crippen LogP) is 2.68. The lowest BCUT2D eigenvalue weighted by Gasteiger charge is -2.08. The fraction of sp³-hybridized carbons (Fsp3) is 0.214. The summed E-state index contributed by atoms with van der Waals surface area (Å²) >= 11 is 1.29. The van der Waals surface area contributed by atoms with Gasteiger partial charge >= 0.3 is 0 Å². The molecule has 2 aromatic rings. The van der Waals surface area contributed by atoms with Gasteiger partial charge in [-0.3, -0.25) is 4.79 Å². The number of aromatic nitrogens is 1. The molecule has 0 aliphatic rings. The molecule has 1 heterocycles. The van der Waals surface area contributed by atoms with E-state index in [0.29, 0.717) is 22.3 Å². The molecule has 0 radical (unpaired) electrons. The van der Waals surface area contributed by atoms with Crippen molar-refractivity contribution in [2.24, 2.45) is 0 Å². The number of carbonyl (C=O) groups is 1. The van der Waals surface area contributed by atoms with E-state index >= 15 is 0 Å². The lowest BCUT2D eigenvalue weighted by molar-refractivity contribution is -0.115. The van der Waals surface area contributed by atoms with E-state index < -0.39 is 0 Å². The van der Waals surface area contributed by atoms with Crippen LogP contribution in [0.3, 0.4) is 0 Å². The van der Waals surface area contributed by atoms with Crippen LogP contribution in [-0.2, 0) is 4.79 Å². The molecular weight excluding hydrogens is 290 g/mol. The first-order valence-electron chi connectivity index (χ1n) is 6.02. The molecule has 0 unspecified atom stereocenters. The Balaban J connectivity index is 2.25. The van der Waals surface area contributed by atoms with Crippen LogP contribution in [0.4, 0.5) is 5.13 Å². The third-order valence-electron chi connectivity index (χ3n) is 2.67. The van der Waals surface area contributed by atoms with Crippen LogP contribution in [-0.4, -0.2) is 25.1 Å². The summed E-state index contributed by atoms with van der Waals surface area (Å²) in [4.78, 5) is 15.7. The summed E-state index contributed by atoms with van der Waals surface area (Å²) in [6.07, 6.45) is -0.194.